The van der Waals surface area contributed by atoms with E-state index in [4.69, 9.17) is 17.3 Å². The van der Waals surface area contributed by atoms with Crippen molar-refractivity contribution < 1.29 is 0 Å². The predicted octanol–water partition coefficient (Wildman–Crippen LogP) is 8.65. The summed E-state index contributed by atoms with van der Waals surface area (Å²) in [6.07, 6.45) is 14.9. The van der Waals surface area contributed by atoms with E-state index in [1.807, 2.05) is 26.0 Å². The van der Waals surface area contributed by atoms with Gasteiger partial charge in [0.05, 0.1) is 28.5 Å². The number of nitrogens with zero attached hydrogens (tertiary/aromatic N) is 2. The number of nitrogens with two attached hydrogens (primary N) is 1. The Morgan fingerprint density at radius 2 is 1.68 bits per heavy atom. The van der Waals surface area contributed by atoms with Gasteiger partial charge in [0.15, 0.2) is 0 Å². The summed E-state index contributed by atoms with van der Waals surface area (Å²) in [5.41, 5.74) is 13.1. The molecule has 1 heterocycles. The molecular weight excluding hydrogens is 438 g/mol. The first kappa shape index (κ1) is 26.3. The maximum atomic E-state index is 9.36. The molecule has 4 rings (SSSR count). The molecule has 0 atom stereocenters. The molecule has 2 saturated carbocycles. The van der Waals surface area contributed by atoms with E-state index in [-0.39, 0.29) is 0 Å². The number of hydrogen-bond acceptors (Lipinski definition) is 3. The predicted molar refractivity (Wildman–Crippen MR) is 145 cm³/mol. The molecule has 2 aliphatic carbocycles. The Bertz CT molecular complexity index is 1070. The second kappa shape index (κ2) is 11.9. The summed E-state index contributed by atoms with van der Waals surface area (Å²) >= 11 is 6.43. The molecule has 34 heavy (non-hydrogen) atoms. The van der Waals surface area contributed by atoms with Crippen molar-refractivity contribution >= 4 is 22.9 Å². The van der Waals surface area contributed by atoms with E-state index in [9.17, 15) is 5.26 Å². The number of anilines is 1. The van der Waals surface area contributed by atoms with Crippen LogP contribution in [0.5, 0.6) is 0 Å². The molecule has 2 fully saturated rings. The molecule has 0 bridgehead atoms. The molecule has 1 aromatic carbocycles. The summed E-state index contributed by atoms with van der Waals surface area (Å²) < 4.78 is 0. The van der Waals surface area contributed by atoms with Crippen LogP contribution in [0.15, 0.2) is 30.1 Å². The smallest absolute Gasteiger partial charge is 0.0994 e. The Hall–Kier alpha value is -2.31. The number of pyridine rings is 1. The summed E-state index contributed by atoms with van der Waals surface area (Å²) in [4.78, 5) is 4.19. The van der Waals surface area contributed by atoms with E-state index in [1.165, 1.54) is 24.8 Å². The average molecular weight is 478 g/mol. The number of nitrogen functional groups attached to an aromatic ring is 1. The SMILES string of the molecule is CC/C(C)=C(\c1cc(C#N)c(C)cc1C)c1cncc(N)c1Cl.CC1CCC(C2CCC2)CC1. The van der Waals surface area contributed by atoms with Crippen LogP contribution in [-0.4, -0.2) is 4.98 Å². The first-order chi connectivity index (χ1) is 16.3. The lowest BCUT2D eigenvalue weighted by atomic mass is 9.68. The lowest BCUT2D eigenvalue weighted by molar-refractivity contribution is 0.143. The van der Waals surface area contributed by atoms with Crippen LogP contribution in [-0.2, 0) is 0 Å². The molecule has 0 radical (unpaired) electrons. The standard InChI is InChI=1S/C19H20ClN3.C11H20/c1-5-11(2)18(16-9-23-10-17(22)19(16)20)15-7-14(8-21)12(3)6-13(15)4;1-9-5-7-11(8-6-9)10-3-2-4-10/h6-7,9-10H,5,22H2,1-4H3;9-11H,2-8H2,1H3/b18-11+;. The highest BCUT2D eigenvalue weighted by molar-refractivity contribution is 6.35. The molecular formula is C30H40ClN3. The van der Waals surface area contributed by atoms with E-state index >= 15 is 0 Å². The molecule has 2 aliphatic rings. The van der Waals surface area contributed by atoms with Crippen LogP contribution in [0, 0.1) is 42.9 Å². The second-order valence-electron chi connectivity index (χ2n) is 10.4. The summed E-state index contributed by atoms with van der Waals surface area (Å²) in [6, 6.07) is 6.22. The van der Waals surface area contributed by atoms with Crippen molar-refractivity contribution in [3.8, 4) is 6.07 Å². The van der Waals surface area contributed by atoms with E-state index in [0.717, 1.165) is 52.0 Å². The Morgan fingerprint density at radius 3 is 2.24 bits per heavy atom. The molecule has 0 unspecified atom stereocenters. The van der Waals surface area contributed by atoms with Gasteiger partial charge in [0.2, 0.25) is 0 Å². The van der Waals surface area contributed by atoms with Crippen molar-refractivity contribution in [2.24, 2.45) is 17.8 Å². The van der Waals surface area contributed by atoms with Crippen LogP contribution in [0.25, 0.3) is 5.57 Å². The van der Waals surface area contributed by atoms with Gasteiger partial charge < -0.3 is 5.73 Å². The zero-order valence-electron chi connectivity index (χ0n) is 21.5. The number of rotatable bonds is 4. The lowest BCUT2D eigenvalue weighted by Gasteiger charge is -2.37. The molecule has 4 heteroatoms. The van der Waals surface area contributed by atoms with Gasteiger partial charge in [-0.3, -0.25) is 4.98 Å². The first-order valence-electron chi connectivity index (χ1n) is 12.9. The maximum Gasteiger partial charge on any atom is 0.0994 e. The molecule has 2 N–H and O–H groups in total. The number of aromatic nitrogens is 1. The van der Waals surface area contributed by atoms with Crippen LogP contribution in [0.1, 0.15) is 100.0 Å². The minimum absolute atomic E-state index is 0.454. The summed E-state index contributed by atoms with van der Waals surface area (Å²) in [5.74, 6) is 3.33. The van der Waals surface area contributed by atoms with Crippen molar-refractivity contribution in [1.82, 2.24) is 4.98 Å². The van der Waals surface area contributed by atoms with Crippen LogP contribution in [0.2, 0.25) is 5.02 Å². The fourth-order valence-corrected chi connectivity index (χ4v) is 5.52. The quantitative estimate of drug-likeness (QED) is 0.479. The number of hydrogen-bond donors (Lipinski definition) is 1. The fourth-order valence-electron chi connectivity index (χ4n) is 5.33. The van der Waals surface area contributed by atoms with Gasteiger partial charge in [-0.2, -0.15) is 5.26 Å². The minimum atomic E-state index is 0.454. The normalized spacial score (nSPS) is 21.0. The molecule has 0 spiro atoms. The van der Waals surface area contributed by atoms with Crippen LogP contribution >= 0.6 is 11.6 Å². The summed E-state index contributed by atoms with van der Waals surface area (Å²) in [6.45, 7) is 10.6. The fraction of sp³-hybridized carbons (Fsp3) is 0.533. The van der Waals surface area contributed by atoms with Crippen LogP contribution in [0.3, 0.4) is 0 Å². The zero-order valence-corrected chi connectivity index (χ0v) is 22.3. The number of benzene rings is 1. The molecule has 1 aromatic heterocycles. The molecule has 182 valence electrons. The highest BCUT2D eigenvalue weighted by Gasteiger charge is 2.29. The van der Waals surface area contributed by atoms with Gasteiger partial charge in [0.1, 0.15) is 0 Å². The van der Waals surface area contributed by atoms with Crippen LogP contribution < -0.4 is 5.73 Å². The Kier molecular flexibility index (Phi) is 9.20. The van der Waals surface area contributed by atoms with Crippen molar-refractivity contribution in [1.29, 1.82) is 5.26 Å². The molecule has 0 amide bonds. The maximum absolute atomic E-state index is 9.36. The Labute approximate surface area is 211 Å². The van der Waals surface area contributed by atoms with Crippen molar-refractivity contribution in [2.75, 3.05) is 5.73 Å². The lowest BCUT2D eigenvalue weighted by Crippen LogP contribution is -2.25. The van der Waals surface area contributed by atoms with Crippen molar-refractivity contribution in [2.45, 2.75) is 86.0 Å². The highest BCUT2D eigenvalue weighted by atomic mass is 35.5. The number of halogens is 1. The van der Waals surface area contributed by atoms with Gasteiger partial charge in [0.25, 0.3) is 0 Å². The average Bonchev–Trinajstić information content (AvgIpc) is 2.78. The van der Waals surface area contributed by atoms with E-state index in [0.29, 0.717) is 16.3 Å². The topological polar surface area (TPSA) is 62.7 Å². The number of aryl methyl sites for hydroxylation is 2. The van der Waals surface area contributed by atoms with Crippen LogP contribution in [0.4, 0.5) is 5.69 Å². The third kappa shape index (κ3) is 6.02. The monoisotopic (exact) mass is 477 g/mol. The largest absolute Gasteiger partial charge is 0.396 e. The van der Waals surface area contributed by atoms with E-state index < -0.39 is 0 Å². The molecule has 0 saturated heterocycles. The second-order valence-corrected chi connectivity index (χ2v) is 10.8. The van der Waals surface area contributed by atoms with E-state index in [1.54, 1.807) is 38.1 Å². The first-order valence-corrected chi connectivity index (χ1v) is 13.2. The minimum Gasteiger partial charge on any atom is -0.396 e. The van der Waals surface area contributed by atoms with Crippen molar-refractivity contribution in [3.05, 3.63) is 62.9 Å². The third-order valence-electron chi connectivity index (χ3n) is 7.97. The Balaban J connectivity index is 0.000000243. The van der Waals surface area contributed by atoms with Gasteiger partial charge in [-0.1, -0.05) is 69.2 Å². The number of nitriles is 1. The molecule has 0 aliphatic heterocycles. The van der Waals surface area contributed by atoms with Crippen molar-refractivity contribution in [3.63, 3.8) is 0 Å². The van der Waals surface area contributed by atoms with E-state index in [2.05, 4.69) is 31.8 Å². The van der Waals surface area contributed by atoms with Gasteiger partial charge in [-0.15, -0.1) is 0 Å². The zero-order chi connectivity index (χ0) is 24.8. The van der Waals surface area contributed by atoms with Gasteiger partial charge in [-0.05, 0) is 86.1 Å². The number of allylic oxidation sites excluding steroid dienone is 1. The molecule has 3 nitrogen and oxygen atoms in total. The summed E-state index contributed by atoms with van der Waals surface area (Å²) in [5, 5.41) is 9.86. The highest BCUT2D eigenvalue weighted by Crippen LogP contribution is 2.42. The van der Waals surface area contributed by atoms with Gasteiger partial charge in [-0.25, -0.2) is 0 Å². The van der Waals surface area contributed by atoms with Gasteiger partial charge in [0, 0.05) is 11.8 Å². The molecule has 2 aromatic rings. The summed E-state index contributed by atoms with van der Waals surface area (Å²) in [7, 11) is 0. The third-order valence-corrected chi connectivity index (χ3v) is 8.39. The van der Waals surface area contributed by atoms with Gasteiger partial charge >= 0.3 is 0 Å². The Morgan fingerprint density at radius 1 is 1.03 bits per heavy atom.